The first-order chi connectivity index (χ1) is 11.2. The van der Waals surface area contributed by atoms with Gasteiger partial charge in [0.25, 0.3) is 0 Å². The number of benzene rings is 1. The molecule has 118 valence electrons. The van der Waals surface area contributed by atoms with E-state index in [1.807, 2.05) is 28.9 Å². The molecule has 0 bridgehead atoms. The Hall–Kier alpha value is -1.99. The molecule has 2 aromatic heterocycles. The number of halogens is 1. The average Bonchev–Trinajstić information content (AvgIpc) is 2.97. The number of hydrogen-bond donors (Lipinski definition) is 1. The maximum Gasteiger partial charge on any atom is 0.164 e. The van der Waals surface area contributed by atoms with Crippen molar-refractivity contribution >= 4 is 32.8 Å². The van der Waals surface area contributed by atoms with Crippen molar-refractivity contribution in [3.8, 4) is 11.3 Å². The van der Waals surface area contributed by atoms with Crippen LogP contribution in [0.2, 0.25) is 0 Å². The van der Waals surface area contributed by atoms with Crippen molar-refractivity contribution in [3.63, 3.8) is 0 Å². The van der Waals surface area contributed by atoms with Gasteiger partial charge < -0.3 is 10.5 Å². The molecule has 1 aromatic carbocycles. The third-order valence-corrected chi connectivity index (χ3v) is 4.70. The fourth-order valence-electron chi connectivity index (χ4n) is 2.99. The van der Waals surface area contributed by atoms with Crippen LogP contribution in [0.4, 0.5) is 5.82 Å². The summed E-state index contributed by atoms with van der Waals surface area (Å²) in [5.74, 6) is 0.464. The van der Waals surface area contributed by atoms with Crippen LogP contribution in [-0.4, -0.2) is 33.0 Å². The topological polar surface area (TPSA) is 78.9 Å². The van der Waals surface area contributed by atoms with Crippen LogP contribution < -0.4 is 5.73 Å². The van der Waals surface area contributed by atoms with Crippen LogP contribution in [0.3, 0.4) is 0 Å². The molecule has 7 heteroatoms. The van der Waals surface area contributed by atoms with Gasteiger partial charge in [-0.25, -0.2) is 14.6 Å². The van der Waals surface area contributed by atoms with Crippen LogP contribution in [0.1, 0.15) is 18.9 Å². The second-order valence-corrected chi connectivity index (χ2v) is 6.52. The van der Waals surface area contributed by atoms with Crippen molar-refractivity contribution < 1.29 is 4.74 Å². The first-order valence-electron chi connectivity index (χ1n) is 7.56. The van der Waals surface area contributed by atoms with Crippen LogP contribution in [-0.2, 0) is 4.74 Å². The second-order valence-electron chi connectivity index (χ2n) is 5.60. The predicted octanol–water partition coefficient (Wildman–Crippen LogP) is 3.19. The molecule has 0 amide bonds. The number of nitrogens with zero attached hydrogens (tertiary/aromatic N) is 4. The minimum absolute atomic E-state index is 0.282. The summed E-state index contributed by atoms with van der Waals surface area (Å²) >= 11 is 3.46. The summed E-state index contributed by atoms with van der Waals surface area (Å²) in [6.45, 7) is 1.50. The normalized spacial score (nSPS) is 16.0. The van der Waals surface area contributed by atoms with E-state index < -0.39 is 0 Å². The van der Waals surface area contributed by atoms with E-state index in [1.54, 1.807) is 0 Å². The lowest BCUT2D eigenvalue weighted by Gasteiger charge is -2.22. The highest BCUT2D eigenvalue weighted by atomic mass is 79.9. The summed E-state index contributed by atoms with van der Waals surface area (Å²) in [5, 5.41) is 5.66. The van der Waals surface area contributed by atoms with Gasteiger partial charge in [-0.2, -0.15) is 5.10 Å². The molecule has 1 saturated heterocycles. The van der Waals surface area contributed by atoms with Crippen LogP contribution in [0.25, 0.3) is 22.3 Å². The Kier molecular flexibility index (Phi) is 3.74. The van der Waals surface area contributed by atoms with Gasteiger partial charge in [-0.05, 0) is 25.0 Å². The van der Waals surface area contributed by atoms with E-state index in [0.717, 1.165) is 52.8 Å². The Morgan fingerprint density at radius 3 is 2.61 bits per heavy atom. The summed E-state index contributed by atoms with van der Waals surface area (Å²) < 4.78 is 8.48. The molecule has 3 heterocycles. The zero-order chi connectivity index (χ0) is 15.8. The molecular weight excluding hydrogens is 358 g/mol. The Morgan fingerprint density at radius 2 is 1.87 bits per heavy atom. The number of fused-ring (bicyclic) bond motifs is 1. The van der Waals surface area contributed by atoms with E-state index in [2.05, 4.69) is 25.9 Å². The molecule has 4 rings (SSSR count). The van der Waals surface area contributed by atoms with Crippen molar-refractivity contribution in [2.75, 3.05) is 18.9 Å². The number of nitrogen functional groups attached to an aromatic ring is 1. The van der Waals surface area contributed by atoms with E-state index in [-0.39, 0.29) is 6.04 Å². The fraction of sp³-hybridized carbons (Fsp3) is 0.312. The quantitative estimate of drug-likeness (QED) is 0.745. The molecule has 0 aliphatic carbocycles. The minimum Gasteiger partial charge on any atom is -0.383 e. The van der Waals surface area contributed by atoms with Gasteiger partial charge in [-0.1, -0.05) is 28.1 Å². The molecule has 23 heavy (non-hydrogen) atoms. The van der Waals surface area contributed by atoms with Gasteiger partial charge in [0.1, 0.15) is 17.8 Å². The summed E-state index contributed by atoms with van der Waals surface area (Å²) in [4.78, 5) is 8.59. The number of rotatable bonds is 2. The van der Waals surface area contributed by atoms with Gasteiger partial charge >= 0.3 is 0 Å². The lowest BCUT2D eigenvalue weighted by molar-refractivity contribution is 0.0674. The molecule has 1 aliphatic rings. The van der Waals surface area contributed by atoms with E-state index in [4.69, 9.17) is 15.6 Å². The molecule has 0 unspecified atom stereocenters. The second kappa shape index (κ2) is 5.90. The van der Waals surface area contributed by atoms with Gasteiger partial charge in [0.2, 0.25) is 0 Å². The van der Waals surface area contributed by atoms with Crippen molar-refractivity contribution in [1.29, 1.82) is 0 Å². The van der Waals surface area contributed by atoms with E-state index >= 15 is 0 Å². The van der Waals surface area contributed by atoms with Crippen LogP contribution in [0, 0.1) is 0 Å². The monoisotopic (exact) mass is 373 g/mol. The maximum atomic E-state index is 6.13. The molecular formula is C16H16BrN5O. The van der Waals surface area contributed by atoms with Crippen LogP contribution in [0.15, 0.2) is 35.1 Å². The smallest absolute Gasteiger partial charge is 0.164 e. The predicted molar refractivity (Wildman–Crippen MR) is 92.0 cm³/mol. The van der Waals surface area contributed by atoms with Crippen molar-refractivity contribution in [1.82, 2.24) is 19.7 Å². The highest BCUT2D eigenvalue weighted by Crippen LogP contribution is 2.34. The molecule has 1 fully saturated rings. The molecule has 2 N–H and O–H groups in total. The lowest BCUT2D eigenvalue weighted by Crippen LogP contribution is -2.20. The molecule has 0 saturated carbocycles. The zero-order valence-electron chi connectivity index (χ0n) is 12.4. The number of anilines is 1. The number of aromatic nitrogens is 4. The van der Waals surface area contributed by atoms with Gasteiger partial charge in [0.05, 0.1) is 11.4 Å². The standard InChI is InChI=1S/C16H16BrN5O/c17-11-3-1-10(2-4-11)14-13-15(18)19-9-20-16(13)22(21-14)12-5-7-23-8-6-12/h1-4,9,12H,5-8H2,(H2,18,19,20). The molecule has 0 spiro atoms. The molecule has 6 nitrogen and oxygen atoms in total. The molecule has 3 aromatic rings. The van der Waals surface area contributed by atoms with E-state index in [1.165, 1.54) is 6.33 Å². The SMILES string of the molecule is Nc1ncnc2c1c(-c1ccc(Br)cc1)nn2C1CCOCC1. The largest absolute Gasteiger partial charge is 0.383 e. The van der Waals surface area contributed by atoms with E-state index in [0.29, 0.717) is 5.82 Å². The van der Waals surface area contributed by atoms with Crippen molar-refractivity contribution in [2.45, 2.75) is 18.9 Å². The fourth-order valence-corrected chi connectivity index (χ4v) is 3.25. The van der Waals surface area contributed by atoms with Gasteiger partial charge in [0.15, 0.2) is 5.65 Å². The van der Waals surface area contributed by atoms with Gasteiger partial charge in [-0.3, -0.25) is 0 Å². The summed E-state index contributed by atoms with van der Waals surface area (Å²) in [6, 6.07) is 8.31. The highest BCUT2D eigenvalue weighted by molar-refractivity contribution is 9.10. The zero-order valence-corrected chi connectivity index (χ0v) is 14.0. The van der Waals surface area contributed by atoms with Gasteiger partial charge in [0, 0.05) is 23.2 Å². The lowest BCUT2D eigenvalue weighted by atomic mass is 10.1. The maximum absolute atomic E-state index is 6.13. The molecule has 0 atom stereocenters. The number of nitrogens with two attached hydrogens (primary N) is 1. The van der Waals surface area contributed by atoms with Crippen molar-refractivity contribution in [2.24, 2.45) is 0 Å². The first kappa shape index (κ1) is 14.6. The van der Waals surface area contributed by atoms with Crippen LogP contribution >= 0.6 is 15.9 Å². The van der Waals surface area contributed by atoms with E-state index in [9.17, 15) is 0 Å². The highest BCUT2D eigenvalue weighted by Gasteiger charge is 2.23. The molecule has 1 aliphatic heterocycles. The van der Waals surface area contributed by atoms with Gasteiger partial charge in [-0.15, -0.1) is 0 Å². The summed E-state index contributed by atoms with van der Waals surface area (Å²) in [7, 11) is 0. The summed E-state index contributed by atoms with van der Waals surface area (Å²) in [5.41, 5.74) is 8.76. The third kappa shape index (κ3) is 2.60. The first-order valence-corrected chi connectivity index (χ1v) is 8.35. The Bertz CT molecular complexity index is 840. The van der Waals surface area contributed by atoms with Crippen molar-refractivity contribution in [3.05, 3.63) is 35.1 Å². The molecule has 0 radical (unpaired) electrons. The average molecular weight is 374 g/mol. The number of hydrogen-bond acceptors (Lipinski definition) is 5. The number of ether oxygens (including phenoxy) is 1. The van der Waals surface area contributed by atoms with Crippen LogP contribution in [0.5, 0.6) is 0 Å². The Morgan fingerprint density at radius 1 is 1.13 bits per heavy atom. The third-order valence-electron chi connectivity index (χ3n) is 4.17. The minimum atomic E-state index is 0.282. The Labute approximate surface area is 141 Å². The Balaban J connectivity index is 1.91. The summed E-state index contributed by atoms with van der Waals surface area (Å²) in [6.07, 6.45) is 3.36.